The highest BCUT2D eigenvalue weighted by Crippen LogP contribution is 2.76. The van der Waals surface area contributed by atoms with Crippen molar-refractivity contribution in [1.29, 1.82) is 5.26 Å². The molecule has 4 saturated heterocycles. The number of hydrogen-bond acceptors (Lipinski definition) is 6. The zero-order chi connectivity index (χ0) is 19.5. The van der Waals surface area contributed by atoms with Crippen molar-refractivity contribution >= 4 is 17.6 Å². The number of nitrogens with zero attached hydrogens (tertiary/aromatic N) is 3. The fourth-order valence-corrected chi connectivity index (χ4v) is 7.50. The molecule has 5 heterocycles. The number of amides is 1. The van der Waals surface area contributed by atoms with Crippen LogP contribution in [0.3, 0.4) is 0 Å². The molecule has 2 spiro atoms. The summed E-state index contributed by atoms with van der Waals surface area (Å²) in [4.78, 5) is 30.1. The molecule has 6 atom stereocenters. The molecular formula is C21H21N3O4. The summed E-state index contributed by atoms with van der Waals surface area (Å²) in [5.41, 5.74) is -0.721. The minimum atomic E-state index is -1.40. The largest absolute Gasteiger partial charge is 0.467 e. The number of ether oxygens (including phenoxy) is 2. The molecule has 5 aliphatic heterocycles. The molecule has 0 N–H and O–H groups in total. The molecule has 6 rings (SSSR count). The normalized spacial score (nSPS) is 44.2. The van der Waals surface area contributed by atoms with E-state index in [0.29, 0.717) is 19.4 Å². The van der Waals surface area contributed by atoms with Crippen molar-refractivity contribution in [2.24, 2.45) is 11.8 Å². The van der Waals surface area contributed by atoms with Crippen LogP contribution in [0.4, 0.5) is 5.69 Å². The lowest BCUT2D eigenvalue weighted by Crippen LogP contribution is -2.70. The van der Waals surface area contributed by atoms with Crippen molar-refractivity contribution in [2.75, 3.05) is 25.6 Å². The lowest BCUT2D eigenvalue weighted by atomic mass is 9.52. The van der Waals surface area contributed by atoms with Crippen molar-refractivity contribution in [3.8, 4) is 6.07 Å². The van der Waals surface area contributed by atoms with E-state index in [1.54, 1.807) is 0 Å². The van der Waals surface area contributed by atoms with Gasteiger partial charge in [-0.15, -0.1) is 0 Å². The third kappa shape index (κ3) is 1.26. The first-order valence-electron chi connectivity index (χ1n) is 9.81. The Hall–Kier alpha value is -2.59. The van der Waals surface area contributed by atoms with E-state index in [1.165, 1.54) is 7.11 Å². The van der Waals surface area contributed by atoms with E-state index in [-0.39, 0.29) is 17.9 Å². The van der Waals surface area contributed by atoms with Crippen molar-refractivity contribution < 1.29 is 19.1 Å². The van der Waals surface area contributed by atoms with Gasteiger partial charge >= 0.3 is 5.97 Å². The summed E-state index contributed by atoms with van der Waals surface area (Å²) >= 11 is 0. The SMILES string of the molecule is COC(=O)[C@]12O[C@]34[C@@H](CCC(=O)N3CC[C@@]43c4ccccc4N(C)[C@@H]13)[C@H]2C#N. The zero-order valence-electron chi connectivity index (χ0n) is 15.8. The van der Waals surface area contributed by atoms with E-state index in [1.807, 2.05) is 30.1 Å². The molecule has 1 amide bonds. The molecule has 7 nitrogen and oxygen atoms in total. The number of esters is 1. The van der Waals surface area contributed by atoms with Gasteiger partial charge in [0.2, 0.25) is 11.5 Å². The minimum absolute atomic E-state index is 0.0539. The van der Waals surface area contributed by atoms with Crippen LogP contribution in [0.1, 0.15) is 24.8 Å². The highest BCUT2D eigenvalue weighted by Gasteiger charge is 2.91. The fourth-order valence-electron chi connectivity index (χ4n) is 7.50. The maximum atomic E-state index is 13.3. The first-order chi connectivity index (χ1) is 13.5. The van der Waals surface area contributed by atoms with Crippen LogP contribution in [0.15, 0.2) is 24.3 Å². The summed E-state index contributed by atoms with van der Waals surface area (Å²) in [5.74, 6) is -1.30. The Balaban J connectivity index is 1.73. The second kappa shape index (κ2) is 4.69. The number of fused-ring (bicyclic) bond motifs is 3. The second-order valence-corrected chi connectivity index (χ2v) is 8.63. The van der Waals surface area contributed by atoms with Gasteiger partial charge in [-0.2, -0.15) is 5.26 Å². The maximum absolute atomic E-state index is 13.3. The van der Waals surface area contributed by atoms with E-state index < -0.39 is 28.6 Å². The van der Waals surface area contributed by atoms with Crippen LogP contribution >= 0.6 is 0 Å². The first kappa shape index (κ1) is 16.4. The number of benzene rings is 1. The number of piperidine rings is 1. The van der Waals surface area contributed by atoms with E-state index in [0.717, 1.165) is 17.7 Å². The van der Waals surface area contributed by atoms with Crippen molar-refractivity contribution in [3.05, 3.63) is 29.8 Å². The molecular weight excluding hydrogens is 358 g/mol. The summed E-state index contributed by atoms with van der Waals surface area (Å²) in [6.07, 6.45) is 1.67. The van der Waals surface area contributed by atoms with E-state index >= 15 is 0 Å². The quantitative estimate of drug-likeness (QED) is 0.682. The van der Waals surface area contributed by atoms with Gasteiger partial charge in [0.25, 0.3) is 0 Å². The number of para-hydroxylation sites is 1. The topological polar surface area (TPSA) is 82.9 Å². The lowest BCUT2D eigenvalue weighted by molar-refractivity contribution is -0.195. The molecule has 2 bridgehead atoms. The Labute approximate surface area is 162 Å². The van der Waals surface area contributed by atoms with Crippen LogP contribution in [0.5, 0.6) is 0 Å². The maximum Gasteiger partial charge on any atom is 0.341 e. The van der Waals surface area contributed by atoms with Crippen molar-refractivity contribution in [2.45, 2.75) is 42.0 Å². The molecule has 0 radical (unpaired) electrons. The number of nitriles is 1. The standard InChI is InChI=1S/C21H21N3O4/c1-23-15-6-4-3-5-13(15)19-9-10-24-16(25)8-7-12-14(11-22)20(17(19)23,18(26)27-2)28-21(12,19)24/h3-6,12,14,17H,7-10H2,1-2H3/t12-,14+,17+,19-,20+,21-/m0/s1. The van der Waals surface area contributed by atoms with Crippen molar-refractivity contribution in [1.82, 2.24) is 4.90 Å². The molecule has 144 valence electrons. The van der Waals surface area contributed by atoms with Gasteiger partial charge in [-0.05, 0) is 24.5 Å². The average Bonchev–Trinajstić information content (AvgIpc) is 3.36. The average molecular weight is 379 g/mol. The predicted molar refractivity (Wildman–Crippen MR) is 97.0 cm³/mol. The predicted octanol–water partition coefficient (Wildman–Crippen LogP) is 1.18. The van der Waals surface area contributed by atoms with E-state index in [4.69, 9.17) is 9.47 Å². The van der Waals surface area contributed by atoms with Crippen LogP contribution < -0.4 is 4.90 Å². The highest BCUT2D eigenvalue weighted by atomic mass is 16.6. The molecule has 5 aliphatic rings. The number of hydrogen-bond donors (Lipinski definition) is 0. The highest BCUT2D eigenvalue weighted by molar-refractivity contribution is 5.90. The Bertz CT molecular complexity index is 988. The van der Waals surface area contributed by atoms with Gasteiger partial charge in [0.15, 0.2) is 5.72 Å². The third-order valence-electron chi connectivity index (χ3n) is 8.10. The molecule has 7 heteroatoms. The number of carbonyl (C=O) groups is 2. The van der Waals surface area contributed by atoms with Gasteiger partial charge in [0.05, 0.1) is 30.6 Å². The molecule has 0 aliphatic carbocycles. The monoisotopic (exact) mass is 379 g/mol. The lowest BCUT2D eigenvalue weighted by Gasteiger charge is -2.52. The number of likely N-dealkylation sites (N-methyl/N-ethyl adjacent to an activating group) is 1. The Morgan fingerprint density at radius 2 is 2.18 bits per heavy atom. The van der Waals surface area contributed by atoms with Gasteiger partial charge in [-0.1, -0.05) is 18.2 Å². The van der Waals surface area contributed by atoms with Crippen LogP contribution in [0.2, 0.25) is 0 Å². The summed E-state index contributed by atoms with van der Waals surface area (Å²) in [6, 6.07) is 10.1. The zero-order valence-corrected chi connectivity index (χ0v) is 15.8. The third-order valence-corrected chi connectivity index (χ3v) is 8.10. The summed E-state index contributed by atoms with van der Waals surface area (Å²) < 4.78 is 11.9. The first-order valence-corrected chi connectivity index (χ1v) is 9.81. The Morgan fingerprint density at radius 1 is 1.39 bits per heavy atom. The van der Waals surface area contributed by atoms with Gasteiger partial charge in [0, 0.05) is 31.6 Å². The van der Waals surface area contributed by atoms with E-state index in [9.17, 15) is 14.9 Å². The molecule has 0 unspecified atom stereocenters. The van der Waals surface area contributed by atoms with Gasteiger partial charge in [0.1, 0.15) is 0 Å². The van der Waals surface area contributed by atoms with Gasteiger partial charge < -0.3 is 19.3 Å². The fraction of sp³-hybridized carbons (Fsp3) is 0.571. The van der Waals surface area contributed by atoms with Crippen LogP contribution in [0, 0.1) is 23.2 Å². The van der Waals surface area contributed by atoms with Crippen LogP contribution in [0.25, 0.3) is 0 Å². The molecule has 0 aromatic heterocycles. The van der Waals surface area contributed by atoms with Gasteiger partial charge in [-0.3, -0.25) is 4.79 Å². The van der Waals surface area contributed by atoms with Crippen molar-refractivity contribution in [3.63, 3.8) is 0 Å². The Kier molecular flexibility index (Phi) is 2.74. The molecule has 0 saturated carbocycles. The van der Waals surface area contributed by atoms with E-state index in [2.05, 4.69) is 17.0 Å². The smallest absolute Gasteiger partial charge is 0.341 e. The van der Waals surface area contributed by atoms with Crippen LogP contribution in [-0.4, -0.2) is 54.8 Å². The van der Waals surface area contributed by atoms with Crippen LogP contribution in [-0.2, 0) is 24.5 Å². The minimum Gasteiger partial charge on any atom is -0.467 e. The molecule has 1 aromatic carbocycles. The molecule has 1 aromatic rings. The second-order valence-electron chi connectivity index (χ2n) is 8.63. The number of carbonyl (C=O) groups excluding carboxylic acids is 2. The summed E-state index contributed by atoms with van der Waals surface area (Å²) in [6.45, 7) is 0.587. The summed E-state index contributed by atoms with van der Waals surface area (Å²) in [5, 5.41) is 10.2. The number of methoxy groups -OCH3 is 1. The number of anilines is 1. The van der Waals surface area contributed by atoms with Gasteiger partial charge in [-0.25, -0.2) is 4.79 Å². The molecule has 28 heavy (non-hydrogen) atoms. The number of rotatable bonds is 1. The summed E-state index contributed by atoms with van der Waals surface area (Å²) in [7, 11) is 3.31. The Morgan fingerprint density at radius 3 is 2.93 bits per heavy atom. The molecule has 4 fully saturated rings.